The number of ether oxygens (including phenoxy) is 1. The highest BCUT2D eigenvalue weighted by Crippen LogP contribution is 2.40. The predicted molar refractivity (Wildman–Crippen MR) is 121 cm³/mol. The lowest BCUT2D eigenvalue weighted by Gasteiger charge is -2.17. The van der Waals surface area contributed by atoms with Crippen LogP contribution in [0.25, 0.3) is 11.3 Å². The number of hydrogen-bond acceptors (Lipinski definition) is 5. The third-order valence-corrected chi connectivity index (χ3v) is 5.96. The molecule has 2 aromatic carbocycles. The number of para-hydroxylation sites is 1. The molecule has 1 aliphatic heterocycles. The number of nitrogens with two attached hydrogens (primary N) is 1. The zero-order valence-corrected chi connectivity index (χ0v) is 18.8. The van der Waals surface area contributed by atoms with Crippen molar-refractivity contribution in [3.05, 3.63) is 62.2 Å². The van der Waals surface area contributed by atoms with Crippen LogP contribution >= 0.6 is 39.1 Å². The van der Waals surface area contributed by atoms with E-state index in [-0.39, 0.29) is 18.5 Å². The Bertz CT molecular complexity index is 1160. The molecule has 10 heteroatoms. The third-order valence-electron chi connectivity index (χ3n) is 4.70. The van der Waals surface area contributed by atoms with E-state index in [1.54, 1.807) is 48.4 Å². The zero-order valence-electron chi connectivity index (χ0n) is 15.7. The number of anilines is 2. The van der Waals surface area contributed by atoms with Gasteiger partial charge in [0.2, 0.25) is 5.95 Å². The second-order valence-corrected chi connectivity index (χ2v) is 8.26. The Balaban J connectivity index is 1.68. The molecule has 30 heavy (non-hydrogen) atoms. The number of methoxy groups -OCH3 is 1. The summed E-state index contributed by atoms with van der Waals surface area (Å²) in [6, 6.07) is 10.3. The molecule has 154 valence electrons. The lowest BCUT2D eigenvalue weighted by Crippen LogP contribution is -2.30. The minimum Gasteiger partial charge on any atom is -0.496 e. The van der Waals surface area contributed by atoms with Crippen LogP contribution in [0, 0.1) is 0 Å². The number of carbonyl (C=O) groups is 1. The average Bonchev–Trinajstić information content (AvgIpc) is 3.13. The number of fused-ring (bicyclic) bond motifs is 1. The minimum atomic E-state index is -0.301. The van der Waals surface area contributed by atoms with Crippen molar-refractivity contribution in [1.29, 1.82) is 0 Å². The highest BCUT2D eigenvalue weighted by Gasteiger charge is 2.30. The third kappa shape index (κ3) is 3.90. The van der Waals surface area contributed by atoms with Crippen molar-refractivity contribution in [1.82, 2.24) is 14.9 Å². The highest BCUT2D eigenvalue weighted by molar-refractivity contribution is 9.10. The number of amides is 2. The number of carbonyl (C=O) groups excluding carboxylic acids is 1. The molecule has 0 unspecified atom stereocenters. The summed E-state index contributed by atoms with van der Waals surface area (Å²) >= 11 is 16.0. The van der Waals surface area contributed by atoms with Crippen LogP contribution in [-0.2, 0) is 13.1 Å². The van der Waals surface area contributed by atoms with E-state index in [1.165, 1.54) is 0 Å². The lowest BCUT2D eigenvalue weighted by atomic mass is 10.1. The Hall–Kier alpha value is -2.55. The number of benzene rings is 2. The van der Waals surface area contributed by atoms with E-state index in [0.717, 1.165) is 10.0 Å². The van der Waals surface area contributed by atoms with Crippen molar-refractivity contribution in [2.75, 3.05) is 18.2 Å². The number of rotatable bonds is 3. The Kier molecular flexibility index (Phi) is 5.73. The van der Waals surface area contributed by atoms with Crippen LogP contribution in [-0.4, -0.2) is 28.0 Å². The zero-order chi connectivity index (χ0) is 21.4. The molecule has 0 atom stereocenters. The first-order valence-electron chi connectivity index (χ1n) is 8.86. The number of hydrogen-bond donors (Lipinski definition) is 2. The van der Waals surface area contributed by atoms with Crippen molar-refractivity contribution in [3.8, 4) is 17.0 Å². The maximum atomic E-state index is 12.8. The fourth-order valence-electron chi connectivity index (χ4n) is 3.26. The second kappa shape index (κ2) is 8.29. The SMILES string of the molecule is COc1cc(-c2nc(N)nc3c2CN(C(=O)Nc2ccccc2Cl)C3)c(Cl)cc1Br. The van der Waals surface area contributed by atoms with Gasteiger partial charge in [-0.2, -0.15) is 0 Å². The number of urea groups is 1. The van der Waals surface area contributed by atoms with Crippen LogP contribution in [0.15, 0.2) is 40.9 Å². The molecule has 0 radical (unpaired) electrons. The summed E-state index contributed by atoms with van der Waals surface area (Å²) in [5, 5.41) is 3.75. The molecule has 2 heterocycles. The van der Waals surface area contributed by atoms with E-state index < -0.39 is 0 Å². The summed E-state index contributed by atoms with van der Waals surface area (Å²) in [7, 11) is 1.57. The molecule has 0 spiro atoms. The van der Waals surface area contributed by atoms with Crippen molar-refractivity contribution < 1.29 is 9.53 Å². The van der Waals surface area contributed by atoms with E-state index in [9.17, 15) is 4.79 Å². The molecule has 3 N–H and O–H groups in total. The standard InChI is InChI=1S/C20H16BrCl2N5O2/c1-30-17-6-10(14(23)7-12(17)21)18-11-8-28(9-16(11)25-19(24)27-18)20(29)26-15-5-3-2-4-13(15)22/h2-7H,8-9H2,1H3,(H,26,29)(H2,24,25,27). The van der Waals surface area contributed by atoms with E-state index in [2.05, 4.69) is 31.2 Å². The fourth-order valence-corrected chi connectivity index (χ4v) is 4.34. The highest BCUT2D eigenvalue weighted by atomic mass is 79.9. The van der Waals surface area contributed by atoms with Crippen molar-refractivity contribution in [2.24, 2.45) is 0 Å². The first kappa shape index (κ1) is 20.7. The molecule has 0 saturated carbocycles. The number of halogens is 3. The van der Waals surface area contributed by atoms with Crippen molar-refractivity contribution >= 4 is 56.8 Å². The number of aromatic nitrogens is 2. The van der Waals surface area contributed by atoms with Gasteiger partial charge in [-0.3, -0.25) is 0 Å². The molecule has 7 nitrogen and oxygen atoms in total. The number of nitrogen functional groups attached to an aromatic ring is 1. The Labute approximate surface area is 191 Å². The molecular weight excluding hydrogens is 493 g/mol. The minimum absolute atomic E-state index is 0.107. The van der Waals surface area contributed by atoms with Gasteiger partial charge in [0, 0.05) is 11.1 Å². The maximum Gasteiger partial charge on any atom is 0.322 e. The van der Waals surface area contributed by atoms with Crippen LogP contribution in [0.2, 0.25) is 10.0 Å². The van der Waals surface area contributed by atoms with Gasteiger partial charge in [-0.1, -0.05) is 35.3 Å². The molecule has 1 aliphatic rings. The van der Waals surface area contributed by atoms with Gasteiger partial charge in [0.05, 0.1) is 51.8 Å². The van der Waals surface area contributed by atoms with E-state index in [4.69, 9.17) is 33.7 Å². The Morgan fingerprint density at radius 1 is 1.20 bits per heavy atom. The monoisotopic (exact) mass is 507 g/mol. The second-order valence-electron chi connectivity index (χ2n) is 6.59. The van der Waals surface area contributed by atoms with Crippen LogP contribution in [0.5, 0.6) is 5.75 Å². The summed E-state index contributed by atoms with van der Waals surface area (Å²) in [4.78, 5) is 23.1. The van der Waals surface area contributed by atoms with Crippen molar-refractivity contribution in [2.45, 2.75) is 13.1 Å². The largest absolute Gasteiger partial charge is 0.496 e. The molecule has 3 aromatic rings. The maximum absolute atomic E-state index is 12.8. The molecule has 0 bridgehead atoms. The molecule has 4 rings (SSSR count). The molecule has 2 amide bonds. The summed E-state index contributed by atoms with van der Waals surface area (Å²) in [5.74, 6) is 0.710. The van der Waals surface area contributed by atoms with Gasteiger partial charge in [0.1, 0.15) is 5.75 Å². The van der Waals surface area contributed by atoms with Crippen LogP contribution in [0.3, 0.4) is 0 Å². The first-order valence-corrected chi connectivity index (χ1v) is 10.4. The van der Waals surface area contributed by atoms with Gasteiger partial charge < -0.3 is 20.7 Å². The van der Waals surface area contributed by atoms with E-state index in [0.29, 0.717) is 45.0 Å². The van der Waals surface area contributed by atoms with Crippen LogP contribution in [0.4, 0.5) is 16.4 Å². The van der Waals surface area contributed by atoms with E-state index in [1.807, 2.05) is 0 Å². The molecule has 0 saturated heterocycles. The lowest BCUT2D eigenvalue weighted by molar-refractivity contribution is 0.212. The number of nitrogens with zero attached hydrogens (tertiary/aromatic N) is 3. The molecule has 1 aromatic heterocycles. The summed E-state index contributed by atoms with van der Waals surface area (Å²) in [6.07, 6.45) is 0. The molecular formula is C20H16BrCl2N5O2. The van der Waals surface area contributed by atoms with Gasteiger partial charge in [0.25, 0.3) is 0 Å². The average molecular weight is 509 g/mol. The van der Waals surface area contributed by atoms with Gasteiger partial charge >= 0.3 is 6.03 Å². The normalized spacial score (nSPS) is 12.6. The van der Waals surface area contributed by atoms with Gasteiger partial charge in [-0.05, 0) is 40.2 Å². The van der Waals surface area contributed by atoms with Crippen molar-refractivity contribution in [3.63, 3.8) is 0 Å². The fraction of sp³-hybridized carbons (Fsp3) is 0.150. The van der Waals surface area contributed by atoms with Crippen LogP contribution in [0.1, 0.15) is 11.3 Å². The topological polar surface area (TPSA) is 93.4 Å². The number of nitrogens with one attached hydrogen (secondary N) is 1. The quantitative estimate of drug-likeness (QED) is 0.497. The summed E-state index contributed by atoms with van der Waals surface area (Å²) < 4.78 is 6.10. The predicted octanol–water partition coefficient (Wildman–Crippen LogP) is 5.35. The van der Waals surface area contributed by atoms with Gasteiger partial charge in [-0.25, -0.2) is 14.8 Å². The molecule has 0 fully saturated rings. The Morgan fingerprint density at radius 2 is 1.97 bits per heavy atom. The Morgan fingerprint density at radius 3 is 2.70 bits per heavy atom. The van der Waals surface area contributed by atoms with Gasteiger partial charge in [-0.15, -0.1) is 0 Å². The summed E-state index contributed by atoms with van der Waals surface area (Å²) in [6.45, 7) is 0.590. The first-order chi connectivity index (χ1) is 14.4. The smallest absolute Gasteiger partial charge is 0.322 e. The summed E-state index contributed by atoms with van der Waals surface area (Å²) in [5.41, 5.74) is 9.15. The van der Waals surface area contributed by atoms with Crippen LogP contribution < -0.4 is 15.8 Å². The van der Waals surface area contributed by atoms with E-state index >= 15 is 0 Å². The molecule has 0 aliphatic carbocycles. The van der Waals surface area contributed by atoms with Gasteiger partial charge in [0.15, 0.2) is 0 Å².